The van der Waals surface area contributed by atoms with Gasteiger partial charge in [-0.2, -0.15) is 0 Å². The van der Waals surface area contributed by atoms with E-state index >= 15 is 0 Å². The molecule has 1 saturated heterocycles. The lowest BCUT2D eigenvalue weighted by atomic mass is 10.0. The predicted octanol–water partition coefficient (Wildman–Crippen LogP) is 1.86. The highest BCUT2D eigenvalue weighted by Crippen LogP contribution is 2.26. The molecule has 0 aromatic rings. The maximum absolute atomic E-state index is 3.54. The van der Waals surface area contributed by atoms with Crippen LogP contribution in [0.2, 0.25) is 0 Å². The molecule has 2 atom stereocenters. The number of nitrogens with one attached hydrogen (secondary N) is 1. The second kappa shape index (κ2) is 4.63. The summed E-state index contributed by atoms with van der Waals surface area (Å²) in [4.78, 5) is 2.69. The highest BCUT2D eigenvalue weighted by atomic mass is 15.2. The van der Waals surface area contributed by atoms with Gasteiger partial charge in [0, 0.05) is 31.7 Å². The Hall–Kier alpha value is -0.0800. The van der Waals surface area contributed by atoms with Crippen LogP contribution in [0.4, 0.5) is 0 Å². The first-order chi connectivity index (χ1) is 6.75. The fraction of sp³-hybridized carbons (Fsp3) is 1.00. The molecular weight excluding hydrogens is 172 g/mol. The Morgan fingerprint density at radius 2 is 1.93 bits per heavy atom. The van der Waals surface area contributed by atoms with Crippen molar-refractivity contribution < 1.29 is 0 Å². The highest BCUT2D eigenvalue weighted by molar-refractivity contribution is 4.83. The van der Waals surface area contributed by atoms with Crippen molar-refractivity contribution in [3.63, 3.8) is 0 Å². The summed E-state index contributed by atoms with van der Waals surface area (Å²) in [6, 6.07) is 1.43. The van der Waals surface area contributed by atoms with Crippen molar-refractivity contribution in [3.8, 4) is 0 Å². The van der Waals surface area contributed by atoms with Gasteiger partial charge in [0.1, 0.15) is 0 Å². The van der Waals surface area contributed by atoms with Crippen LogP contribution in [0.15, 0.2) is 0 Å². The van der Waals surface area contributed by atoms with Gasteiger partial charge in [-0.25, -0.2) is 0 Å². The normalized spacial score (nSPS) is 36.4. The number of hydrogen-bond acceptors (Lipinski definition) is 2. The van der Waals surface area contributed by atoms with Gasteiger partial charge in [0.15, 0.2) is 0 Å². The van der Waals surface area contributed by atoms with Crippen LogP contribution in [0.25, 0.3) is 0 Å². The largest absolute Gasteiger partial charge is 0.311 e. The van der Waals surface area contributed by atoms with Crippen molar-refractivity contribution in [2.45, 2.75) is 51.6 Å². The Balaban J connectivity index is 1.82. The minimum absolute atomic E-state index is 0.688. The summed E-state index contributed by atoms with van der Waals surface area (Å²) < 4.78 is 0. The van der Waals surface area contributed by atoms with Crippen LogP contribution in [0.3, 0.4) is 0 Å². The molecule has 1 heterocycles. The fourth-order valence-electron chi connectivity index (χ4n) is 2.88. The third-order valence-corrected chi connectivity index (χ3v) is 3.86. The van der Waals surface area contributed by atoms with Crippen molar-refractivity contribution >= 4 is 0 Å². The molecule has 2 heteroatoms. The van der Waals surface area contributed by atoms with E-state index in [0.29, 0.717) is 6.04 Å². The van der Waals surface area contributed by atoms with Gasteiger partial charge in [0.05, 0.1) is 0 Å². The lowest BCUT2D eigenvalue weighted by molar-refractivity contribution is 0.125. The topological polar surface area (TPSA) is 15.3 Å². The van der Waals surface area contributed by atoms with E-state index in [4.69, 9.17) is 0 Å². The Morgan fingerprint density at radius 3 is 2.64 bits per heavy atom. The molecular formula is C12H24N2. The highest BCUT2D eigenvalue weighted by Gasteiger charge is 2.25. The van der Waals surface area contributed by atoms with Crippen molar-refractivity contribution in [1.29, 1.82) is 0 Å². The predicted molar refractivity (Wildman–Crippen MR) is 60.5 cm³/mol. The molecule has 0 amide bonds. The lowest BCUT2D eigenvalue weighted by Gasteiger charge is -2.38. The van der Waals surface area contributed by atoms with E-state index in [0.717, 1.165) is 12.0 Å². The summed E-state index contributed by atoms with van der Waals surface area (Å²) in [7, 11) is 0. The SMILES string of the molecule is CC1CN(CC2CCCC2)C(C)CN1. The number of piperazine rings is 1. The molecule has 0 bridgehead atoms. The molecule has 0 aromatic carbocycles. The molecule has 1 aliphatic carbocycles. The van der Waals surface area contributed by atoms with Crippen LogP contribution < -0.4 is 5.32 Å². The molecule has 2 nitrogen and oxygen atoms in total. The van der Waals surface area contributed by atoms with E-state index in [1.807, 2.05) is 0 Å². The van der Waals surface area contributed by atoms with Crippen LogP contribution in [-0.2, 0) is 0 Å². The molecule has 0 spiro atoms. The van der Waals surface area contributed by atoms with Gasteiger partial charge in [-0.1, -0.05) is 12.8 Å². The van der Waals surface area contributed by atoms with Gasteiger partial charge in [0.25, 0.3) is 0 Å². The smallest absolute Gasteiger partial charge is 0.0193 e. The first-order valence-corrected chi connectivity index (χ1v) is 6.23. The first kappa shape index (κ1) is 10.4. The summed E-state index contributed by atoms with van der Waals surface area (Å²) in [6.45, 7) is 8.43. The standard InChI is InChI=1S/C12H24N2/c1-10-8-14(11(2)7-13-10)9-12-5-3-4-6-12/h10-13H,3-9H2,1-2H3. The van der Waals surface area contributed by atoms with Crippen molar-refractivity contribution in [1.82, 2.24) is 10.2 Å². The number of rotatable bonds is 2. The summed E-state index contributed by atoms with van der Waals surface area (Å²) in [5, 5.41) is 3.54. The van der Waals surface area contributed by atoms with Crippen molar-refractivity contribution in [2.75, 3.05) is 19.6 Å². The quantitative estimate of drug-likeness (QED) is 0.725. The Bertz CT molecular complexity index is 175. The van der Waals surface area contributed by atoms with Crippen LogP contribution in [0.1, 0.15) is 39.5 Å². The van der Waals surface area contributed by atoms with Crippen LogP contribution in [0, 0.1) is 5.92 Å². The van der Waals surface area contributed by atoms with E-state index in [9.17, 15) is 0 Å². The molecule has 1 aliphatic heterocycles. The first-order valence-electron chi connectivity index (χ1n) is 6.23. The number of hydrogen-bond donors (Lipinski definition) is 1. The third-order valence-electron chi connectivity index (χ3n) is 3.86. The molecule has 2 aliphatic rings. The average Bonchev–Trinajstić information content (AvgIpc) is 2.64. The summed E-state index contributed by atoms with van der Waals surface area (Å²) in [5.41, 5.74) is 0. The maximum Gasteiger partial charge on any atom is 0.0193 e. The molecule has 82 valence electrons. The molecule has 1 N–H and O–H groups in total. The molecule has 2 unspecified atom stereocenters. The van der Waals surface area contributed by atoms with Crippen molar-refractivity contribution in [2.24, 2.45) is 5.92 Å². The van der Waals surface area contributed by atoms with E-state index in [2.05, 4.69) is 24.1 Å². The zero-order valence-electron chi connectivity index (χ0n) is 9.63. The summed E-state index contributed by atoms with van der Waals surface area (Å²) in [5.74, 6) is 1.00. The van der Waals surface area contributed by atoms with E-state index in [1.165, 1.54) is 45.3 Å². The lowest BCUT2D eigenvalue weighted by Crippen LogP contribution is -2.55. The second-order valence-electron chi connectivity index (χ2n) is 5.26. The van der Waals surface area contributed by atoms with Crippen LogP contribution in [0.5, 0.6) is 0 Å². The zero-order chi connectivity index (χ0) is 9.97. The molecule has 0 aromatic heterocycles. The monoisotopic (exact) mass is 196 g/mol. The number of nitrogens with zero attached hydrogens (tertiary/aromatic N) is 1. The van der Waals surface area contributed by atoms with Gasteiger partial charge < -0.3 is 5.32 Å². The van der Waals surface area contributed by atoms with E-state index in [1.54, 1.807) is 0 Å². The van der Waals surface area contributed by atoms with Crippen LogP contribution in [-0.4, -0.2) is 36.6 Å². The van der Waals surface area contributed by atoms with Crippen molar-refractivity contribution in [3.05, 3.63) is 0 Å². The van der Waals surface area contributed by atoms with E-state index in [-0.39, 0.29) is 0 Å². The van der Waals surface area contributed by atoms with Gasteiger partial charge >= 0.3 is 0 Å². The maximum atomic E-state index is 3.54. The fourth-order valence-corrected chi connectivity index (χ4v) is 2.88. The second-order valence-corrected chi connectivity index (χ2v) is 5.26. The Morgan fingerprint density at radius 1 is 1.21 bits per heavy atom. The summed E-state index contributed by atoms with van der Waals surface area (Å²) in [6.07, 6.45) is 5.90. The molecule has 1 saturated carbocycles. The molecule has 14 heavy (non-hydrogen) atoms. The summed E-state index contributed by atoms with van der Waals surface area (Å²) >= 11 is 0. The minimum atomic E-state index is 0.688. The Kier molecular flexibility index (Phi) is 3.45. The van der Waals surface area contributed by atoms with Gasteiger partial charge in [-0.3, -0.25) is 4.90 Å². The third kappa shape index (κ3) is 2.48. The van der Waals surface area contributed by atoms with Crippen LogP contribution >= 0.6 is 0 Å². The van der Waals surface area contributed by atoms with Gasteiger partial charge in [0.2, 0.25) is 0 Å². The van der Waals surface area contributed by atoms with Gasteiger partial charge in [-0.05, 0) is 32.6 Å². The zero-order valence-corrected chi connectivity index (χ0v) is 9.63. The average molecular weight is 196 g/mol. The molecule has 0 radical (unpaired) electrons. The molecule has 2 rings (SSSR count). The Labute approximate surface area is 88.1 Å². The minimum Gasteiger partial charge on any atom is -0.311 e. The molecule has 2 fully saturated rings. The van der Waals surface area contributed by atoms with E-state index < -0.39 is 0 Å². The van der Waals surface area contributed by atoms with Gasteiger partial charge in [-0.15, -0.1) is 0 Å².